The molecule has 2 heterocycles. The molecule has 144 valence electrons. The zero-order valence-corrected chi connectivity index (χ0v) is 16.0. The number of halogens is 1. The largest absolute Gasteiger partial charge is 0.493 e. The average Bonchev–Trinajstić information content (AvgIpc) is 2.87. The smallest absolute Gasteiger partial charge is 0.238 e. The molecule has 1 amide bonds. The molecule has 1 fully saturated rings. The van der Waals surface area contributed by atoms with Crippen molar-refractivity contribution < 1.29 is 18.7 Å². The van der Waals surface area contributed by atoms with Crippen LogP contribution in [0.2, 0.25) is 0 Å². The van der Waals surface area contributed by atoms with Crippen LogP contribution in [0.3, 0.4) is 0 Å². The Morgan fingerprint density at radius 2 is 2.07 bits per heavy atom. The van der Waals surface area contributed by atoms with Gasteiger partial charge in [0.25, 0.3) is 0 Å². The summed E-state index contributed by atoms with van der Waals surface area (Å²) in [4.78, 5) is 31.6. The summed E-state index contributed by atoms with van der Waals surface area (Å²) in [6.45, 7) is 3.68. The van der Waals surface area contributed by atoms with Crippen LogP contribution in [-0.2, 0) is 16.0 Å². The van der Waals surface area contributed by atoms with E-state index < -0.39 is 23.7 Å². The molecule has 0 bridgehead atoms. The van der Waals surface area contributed by atoms with Crippen LogP contribution < -0.4 is 4.74 Å². The highest BCUT2D eigenvalue weighted by molar-refractivity contribution is 6.15. The lowest BCUT2D eigenvalue weighted by Gasteiger charge is -2.17. The van der Waals surface area contributed by atoms with E-state index in [0.29, 0.717) is 11.3 Å². The van der Waals surface area contributed by atoms with E-state index in [-0.39, 0.29) is 30.1 Å². The first-order valence-corrected chi connectivity index (χ1v) is 9.07. The van der Waals surface area contributed by atoms with Gasteiger partial charge in [0.2, 0.25) is 5.91 Å². The summed E-state index contributed by atoms with van der Waals surface area (Å²) in [5.41, 5.74) is 1.11. The molecule has 2 aromatic rings. The Morgan fingerprint density at radius 1 is 1.29 bits per heavy atom. The van der Waals surface area contributed by atoms with Crippen LogP contribution in [-0.4, -0.2) is 41.3 Å². The molecule has 28 heavy (non-hydrogen) atoms. The van der Waals surface area contributed by atoms with E-state index in [1.54, 1.807) is 45.3 Å². The van der Waals surface area contributed by atoms with Crippen molar-refractivity contribution >= 4 is 11.7 Å². The van der Waals surface area contributed by atoms with Crippen LogP contribution >= 0.6 is 0 Å². The zero-order chi connectivity index (χ0) is 20.3. The van der Waals surface area contributed by atoms with E-state index in [1.807, 2.05) is 6.07 Å². The Bertz CT molecular complexity index is 963. The van der Waals surface area contributed by atoms with Gasteiger partial charge >= 0.3 is 0 Å². The van der Waals surface area contributed by atoms with Gasteiger partial charge < -0.3 is 9.64 Å². The number of rotatable bonds is 5. The van der Waals surface area contributed by atoms with Crippen molar-refractivity contribution in [1.82, 2.24) is 9.88 Å². The van der Waals surface area contributed by atoms with Crippen LogP contribution in [0.15, 0.2) is 36.5 Å². The molecule has 2 atom stereocenters. The second kappa shape index (κ2) is 8.22. The van der Waals surface area contributed by atoms with E-state index >= 15 is 0 Å². The maximum absolute atomic E-state index is 15.0. The van der Waals surface area contributed by atoms with Crippen molar-refractivity contribution in [2.75, 3.05) is 13.7 Å². The third-order valence-corrected chi connectivity index (χ3v) is 4.75. The zero-order valence-electron chi connectivity index (χ0n) is 16.0. The molecule has 1 aromatic heterocycles. The van der Waals surface area contributed by atoms with E-state index in [4.69, 9.17) is 4.74 Å². The quantitative estimate of drug-likeness (QED) is 0.591. The van der Waals surface area contributed by atoms with Crippen LogP contribution in [0.1, 0.15) is 36.6 Å². The average molecular weight is 380 g/mol. The van der Waals surface area contributed by atoms with E-state index in [1.165, 1.54) is 11.0 Å². The number of hydrogen-bond acceptors (Lipinski definition) is 4. The number of benzene rings is 1. The number of pyridine rings is 1. The maximum Gasteiger partial charge on any atom is 0.238 e. The number of aromatic nitrogens is 1. The second-order valence-electron chi connectivity index (χ2n) is 6.50. The van der Waals surface area contributed by atoms with E-state index in [2.05, 4.69) is 16.8 Å². The van der Waals surface area contributed by atoms with Gasteiger partial charge in [-0.1, -0.05) is 12.0 Å². The lowest BCUT2D eigenvalue weighted by Crippen LogP contribution is -2.33. The van der Waals surface area contributed by atoms with Gasteiger partial charge in [0.1, 0.15) is 17.5 Å². The lowest BCUT2D eigenvalue weighted by atomic mass is 9.91. The fraction of sp³-hybridized carbons (Fsp3) is 0.318. The summed E-state index contributed by atoms with van der Waals surface area (Å²) in [6.07, 6.45) is 1.91. The molecular weight excluding hydrogens is 359 g/mol. The summed E-state index contributed by atoms with van der Waals surface area (Å²) in [5, 5.41) is 0. The number of nitrogens with zero attached hydrogens (tertiary/aromatic N) is 2. The third kappa shape index (κ3) is 3.61. The molecule has 1 aliphatic heterocycles. The molecule has 1 aliphatic rings. The summed E-state index contributed by atoms with van der Waals surface area (Å²) in [6, 6.07) is 7.51. The molecule has 2 unspecified atom stereocenters. The van der Waals surface area contributed by atoms with Crippen LogP contribution in [0, 0.1) is 17.7 Å². The molecule has 3 rings (SSSR count). The summed E-state index contributed by atoms with van der Waals surface area (Å²) in [7, 11) is 1.56. The predicted molar refractivity (Wildman–Crippen MR) is 102 cm³/mol. The first-order chi connectivity index (χ1) is 13.5. The third-order valence-electron chi connectivity index (χ3n) is 4.75. The second-order valence-corrected chi connectivity index (χ2v) is 6.50. The van der Waals surface area contributed by atoms with Gasteiger partial charge in [0.15, 0.2) is 5.78 Å². The van der Waals surface area contributed by atoms with E-state index in [9.17, 15) is 14.0 Å². The van der Waals surface area contributed by atoms with Crippen molar-refractivity contribution in [2.24, 2.45) is 0 Å². The lowest BCUT2D eigenvalue weighted by molar-refractivity contribution is -0.129. The molecule has 0 spiro atoms. The number of amides is 1. The van der Waals surface area contributed by atoms with Gasteiger partial charge in [-0.15, -0.1) is 5.92 Å². The molecule has 6 heteroatoms. The number of likely N-dealkylation sites (tertiary alicyclic amines) is 1. The summed E-state index contributed by atoms with van der Waals surface area (Å²) >= 11 is 0. The van der Waals surface area contributed by atoms with Crippen molar-refractivity contribution in [1.29, 1.82) is 0 Å². The minimum atomic E-state index is -1.23. The van der Waals surface area contributed by atoms with Crippen molar-refractivity contribution in [3.05, 3.63) is 59.2 Å². The van der Waals surface area contributed by atoms with Crippen molar-refractivity contribution in [3.8, 4) is 17.6 Å². The van der Waals surface area contributed by atoms with Gasteiger partial charge in [-0.3, -0.25) is 14.6 Å². The normalized spacial score (nSPS) is 18.8. The minimum Gasteiger partial charge on any atom is -0.493 e. The number of ketones is 1. The first-order valence-electron chi connectivity index (χ1n) is 9.07. The molecule has 0 aliphatic carbocycles. The fourth-order valence-corrected chi connectivity index (χ4v) is 3.45. The first kappa shape index (κ1) is 19.6. The maximum atomic E-state index is 15.0. The van der Waals surface area contributed by atoms with Crippen molar-refractivity contribution in [2.45, 2.75) is 32.2 Å². The van der Waals surface area contributed by atoms with Gasteiger partial charge in [0.05, 0.1) is 12.6 Å². The number of likely N-dealkylation sites (N-methyl/N-ethyl adjacent to an activating group) is 1. The Labute approximate surface area is 163 Å². The van der Waals surface area contributed by atoms with Gasteiger partial charge in [-0.05, 0) is 38.1 Å². The minimum absolute atomic E-state index is 0.0196. The molecule has 0 saturated carbocycles. The van der Waals surface area contributed by atoms with Gasteiger partial charge in [-0.25, -0.2) is 4.39 Å². The topological polar surface area (TPSA) is 59.5 Å². The number of ether oxygens (including phenoxy) is 1. The molecular formula is C22H21FN2O3. The summed E-state index contributed by atoms with van der Waals surface area (Å²) in [5.74, 6) is 2.97. The van der Waals surface area contributed by atoms with Crippen molar-refractivity contribution in [3.63, 3.8) is 0 Å². The number of carbonyl (C=O) groups excluding carboxylic acids is 2. The highest BCUT2D eigenvalue weighted by Gasteiger charge is 2.48. The molecule has 5 nitrogen and oxygen atoms in total. The molecule has 0 N–H and O–H groups in total. The van der Waals surface area contributed by atoms with Crippen LogP contribution in [0.4, 0.5) is 4.39 Å². The molecule has 0 radical (unpaired) electrons. The summed E-state index contributed by atoms with van der Waals surface area (Å²) < 4.78 is 20.5. The SMILES string of the molecule is CC#Cc1cc(F)c(C2C(=O)C(Cc3ccccn3)N(C)C2=O)c(OCC)c1. The number of hydrogen-bond donors (Lipinski definition) is 0. The van der Waals surface area contributed by atoms with Gasteiger partial charge in [0, 0.05) is 36.5 Å². The Morgan fingerprint density at radius 3 is 2.71 bits per heavy atom. The monoisotopic (exact) mass is 380 g/mol. The molecule has 1 saturated heterocycles. The van der Waals surface area contributed by atoms with E-state index in [0.717, 1.165) is 0 Å². The van der Waals surface area contributed by atoms with Gasteiger partial charge in [-0.2, -0.15) is 0 Å². The highest BCUT2D eigenvalue weighted by atomic mass is 19.1. The highest BCUT2D eigenvalue weighted by Crippen LogP contribution is 2.38. The Kier molecular flexibility index (Phi) is 5.74. The van der Waals surface area contributed by atoms with Crippen LogP contribution in [0.5, 0.6) is 5.75 Å². The fourth-order valence-electron chi connectivity index (χ4n) is 3.45. The molecule has 1 aromatic carbocycles. The predicted octanol–water partition coefficient (Wildman–Crippen LogP) is 2.73. The Hall–Kier alpha value is -3.20. The number of Topliss-reactive ketones (excluding diaryl/α,β-unsaturated/α-hetero) is 1. The standard InChI is InChI=1S/C22H21FN2O3/c1-4-8-14-11-16(23)19(18(12-14)28-5-2)20-21(26)17(25(3)22(20)27)13-15-9-6-7-10-24-15/h6-7,9-12,17,20H,5,13H2,1-3H3. The number of carbonyl (C=O) groups is 2. The van der Waals surface area contributed by atoms with Crippen LogP contribution in [0.25, 0.3) is 0 Å². The Balaban J connectivity index is 2.02.